The first-order valence-corrected chi connectivity index (χ1v) is 10.1. The lowest BCUT2D eigenvalue weighted by molar-refractivity contribution is 0.0957. The zero-order valence-electron chi connectivity index (χ0n) is 15.5. The predicted molar refractivity (Wildman–Crippen MR) is 116 cm³/mol. The van der Waals surface area contributed by atoms with Crippen LogP contribution in [0.2, 0.25) is 5.02 Å². The van der Waals surface area contributed by atoms with Gasteiger partial charge in [-0.3, -0.25) is 4.79 Å². The van der Waals surface area contributed by atoms with E-state index in [9.17, 15) is 4.79 Å². The van der Waals surface area contributed by atoms with Crippen LogP contribution in [0.5, 0.6) is 5.75 Å². The number of carbonyl (C=O) groups is 1. The molecule has 0 unspecified atom stereocenters. The molecule has 0 aliphatic rings. The van der Waals surface area contributed by atoms with Gasteiger partial charge in [0, 0.05) is 20.5 Å². The number of ether oxygens (including phenoxy) is 1. The highest BCUT2D eigenvalue weighted by atomic mass is 35.5. The first kappa shape index (κ1) is 19.2. The second-order valence-electron chi connectivity index (χ2n) is 6.35. The summed E-state index contributed by atoms with van der Waals surface area (Å²) in [6, 6.07) is 16.8. The fourth-order valence-corrected chi connectivity index (χ4v) is 3.83. The van der Waals surface area contributed by atoms with Gasteiger partial charge in [-0.15, -0.1) is 11.3 Å². The highest BCUT2D eigenvalue weighted by Gasteiger charge is 2.11. The molecule has 5 nitrogen and oxygen atoms in total. The van der Waals surface area contributed by atoms with Crippen LogP contribution in [0.4, 0.5) is 0 Å². The summed E-state index contributed by atoms with van der Waals surface area (Å²) in [5.74, 6) is 1.63. The van der Waals surface area contributed by atoms with Gasteiger partial charge in [0.15, 0.2) is 0 Å². The summed E-state index contributed by atoms with van der Waals surface area (Å²) in [5, 5.41) is 7.43. The normalized spacial score (nSPS) is 11.2. The van der Waals surface area contributed by atoms with Gasteiger partial charge in [-0.05, 0) is 48.9 Å². The first-order chi connectivity index (χ1) is 14.1. The Hall–Kier alpha value is -3.09. The number of nitrogens with one attached hydrogen (secondary N) is 1. The SMILES string of the molecule is Cc1cc(OCc2ccc(/C=N/NC(=O)c3csc4ccccc34)o2)ccc1Cl. The van der Waals surface area contributed by atoms with Crippen molar-refractivity contribution in [3.8, 4) is 5.75 Å². The molecule has 2 aromatic heterocycles. The van der Waals surface area contributed by atoms with E-state index in [2.05, 4.69) is 10.5 Å². The minimum absolute atomic E-state index is 0.257. The monoisotopic (exact) mass is 424 g/mol. The summed E-state index contributed by atoms with van der Waals surface area (Å²) in [6.45, 7) is 2.20. The van der Waals surface area contributed by atoms with Crippen molar-refractivity contribution in [1.29, 1.82) is 0 Å². The molecule has 4 rings (SSSR count). The molecular formula is C22H17ClN2O3S. The third-order valence-corrected chi connectivity index (χ3v) is 5.66. The Morgan fingerprint density at radius 3 is 2.97 bits per heavy atom. The number of benzene rings is 2. The molecule has 0 fully saturated rings. The third-order valence-electron chi connectivity index (χ3n) is 4.28. The highest BCUT2D eigenvalue weighted by molar-refractivity contribution is 7.17. The van der Waals surface area contributed by atoms with Gasteiger partial charge in [0.1, 0.15) is 23.9 Å². The van der Waals surface area contributed by atoms with E-state index in [1.165, 1.54) is 17.6 Å². The van der Waals surface area contributed by atoms with Crippen LogP contribution >= 0.6 is 22.9 Å². The molecule has 0 aliphatic carbocycles. The van der Waals surface area contributed by atoms with Crippen LogP contribution in [-0.2, 0) is 6.61 Å². The maximum Gasteiger partial charge on any atom is 0.272 e. The summed E-state index contributed by atoms with van der Waals surface area (Å²) in [5.41, 5.74) is 4.09. The van der Waals surface area contributed by atoms with Gasteiger partial charge >= 0.3 is 0 Å². The summed E-state index contributed by atoms with van der Waals surface area (Å²) >= 11 is 7.54. The molecule has 1 N–H and O–H groups in total. The topological polar surface area (TPSA) is 63.8 Å². The van der Waals surface area contributed by atoms with Gasteiger partial charge in [-0.25, -0.2) is 5.43 Å². The van der Waals surface area contributed by atoms with Gasteiger partial charge in [0.05, 0.1) is 11.8 Å². The van der Waals surface area contributed by atoms with E-state index in [0.29, 0.717) is 27.9 Å². The summed E-state index contributed by atoms with van der Waals surface area (Å²) in [4.78, 5) is 12.3. The van der Waals surface area contributed by atoms with Crippen molar-refractivity contribution in [2.24, 2.45) is 5.10 Å². The van der Waals surface area contributed by atoms with Crippen LogP contribution < -0.4 is 10.2 Å². The Bertz CT molecular complexity index is 1200. The maximum absolute atomic E-state index is 12.3. The summed E-state index contributed by atoms with van der Waals surface area (Å²) in [7, 11) is 0. The van der Waals surface area contributed by atoms with Crippen LogP contribution in [0.3, 0.4) is 0 Å². The first-order valence-electron chi connectivity index (χ1n) is 8.87. The number of halogens is 1. The van der Waals surface area contributed by atoms with Gasteiger partial charge in [0.2, 0.25) is 0 Å². The summed E-state index contributed by atoms with van der Waals surface area (Å²) in [6.07, 6.45) is 1.46. The zero-order valence-corrected chi connectivity index (χ0v) is 17.1. The lowest BCUT2D eigenvalue weighted by atomic mass is 10.2. The molecule has 1 amide bonds. The quantitative estimate of drug-likeness (QED) is 0.314. The maximum atomic E-state index is 12.3. The largest absolute Gasteiger partial charge is 0.486 e. The van der Waals surface area contributed by atoms with Crippen molar-refractivity contribution in [2.75, 3.05) is 0 Å². The van der Waals surface area contributed by atoms with Crippen LogP contribution in [0.15, 0.2) is 69.5 Å². The number of hydrogen-bond donors (Lipinski definition) is 1. The Morgan fingerprint density at radius 2 is 2.10 bits per heavy atom. The predicted octanol–water partition coefficient (Wildman–Crippen LogP) is 5.80. The molecule has 0 bridgehead atoms. The second kappa shape index (κ2) is 8.51. The number of amides is 1. The van der Waals surface area contributed by atoms with Gasteiger partial charge < -0.3 is 9.15 Å². The molecule has 2 aromatic carbocycles. The Kier molecular flexibility index (Phi) is 5.64. The van der Waals surface area contributed by atoms with Gasteiger partial charge in [0.25, 0.3) is 5.91 Å². The number of hydrazone groups is 1. The lowest BCUT2D eigenvalue weighted by Gasteiger charge is -2.05. The molecule has 7 heteroatoms. The van der Waals surface area contributed by atoms with Crippen molar-refractivity contribution >= 4 is 45.1 Å². The molecule has 2 heterocycles. The van der Waals surface area contributed by atoms with Crippen molar-refractivity contribution in [2.45, 2.75) is 13.5 Å². The van der Waals surface area contributed by atoms with Crippen LogP contribution in [0.25, 0.3) is 10.1 Å². The van der Waals surface area contributed by atoms with Crippen LogP contribution in [0.1, 0.15) is 27.4 Å². The van der Waals surface area contributed by atoms with Crippen LogP contribution in [0, 0.1) is 6.92 Å². The minimum Gasteiger partial charge on any atom is -0.486 e. The van der Waals surface area contributed by atoms with Crippen LogP contribution in [-0.4, -0.2) is 12.1 Å². The molecule has 29 heavy (non-hydrogen) atoms. The molecule has 146 valence electrons. The van der Waals surface area contributed by atoms with Gasteiger partial charge in [-0.1, -0.05) is 29.8 Å². The van der Waals surface area contributed by atoms with Crippen molar-refractivity contribution in [3.63, 3.8) is 0 Å². The fourth-order valence-electron chi connectivity index (χ4n) is 2.77. The molecule has 0 saturated heterocycles. The number of fused-ring (bicyclic) bond motifs is 1. The molecule has 0 spiro atoms. The molecular weight excluding hydrogens is 408 g/mol. The Labute approximate surface area is 176 Å². The average molecular weight is 425 g/mol. The molecule has 4 aromatic rings. The Balaban J connectivity index is 1.34. The second-order valence-corrected chi connectivity index (χ2v) is 7.67. The van der Waals surface area contributed by atoms with E-state index in [0.717, 1.165) is 15.6 Å². The highest BCUT2D eigenvalue weighted by Crippen LogP contribution is 2.25. The lowest BCUT2D eigenvalue weighted by Crippen LogP contribution is -2.17. The molecule has 0 radical (unpaired) electrons. The number of nitrogens with zero attached hydrogens (tertiary/aromatic N) is 1. The van der Waals surface area contributed by atoms with Crippen molar-refractivity contribution in [3.05, 3.63) is 87.6 Å². The number of aryl methyl sites for hydroxylation is 1. The number of rotatable bonds is 6. The molecule has 0 saturated carbocycles. The van der Waals surface area contributed by atoms with E-state index < -0.39 is 0 Å². The van der Waals surface area contributed by atoms with E-state index in [1.54, 1.807) is 18.2 Å². The standard InChI is InChI=1S/C22H17ClN2O3S/c1-14-10-15(8-9-20(14)23)27-12-17-7-6-16(28-17)11-24-25-22(26)19-13-29-21-5-3-2-4-18(19)21/h2-11,13H,12H2,1H3,(H,25,26)/b24-11+. The van der Waals surface area contributed by atoms with E-state index in [-0.39, 0.29) is 12.5 Å². The fraction of sp³-hybridized carbons (Fsp3) is 0.0909. The minimum atomic E-state index is -0.257. The smallest absolute Gasteiger partial charge is 0.272 e. The number of hydrogen-bond acceptors (Lipinski definition) is 5. The summed E-state index contributed by atoms with van der Waals surface area (Å²) < 4.78 is 12.4. The average Bonchev–Trinajstić information content (AvgIpc) is 3.36. The van der Waals surface area contributed by atoms with Crippen molar-refractivity contribution in [1.82, 2.24) is 5.43 Å². The molecule has 0 atom stereocenters. The number of carbonyl (C=O) groups excluding carboxylic acids is 1. The van der Waals surface area contributed by atoms with E-state index in [1.807, 2.05) is 48.7 Å². The van der Waals surface area contributed by atoms with E-state index >= 15 is 0 Å². The zero-order chi connectivity index (χ0) is 20.2. The molecule has 0 aliphatic heterocycles. The Morgan fingerprint density at radius 1 is 1.24 bits per heavy atom. The van der Waals surface area contributed by atoms with Crippen molar-refractivity contribution < 1.29 is 13.9 Å². The third kappa shape index (κ3) is 4.50. The number of furan rings is 1. The number of thiophene rings is 1. The van der Waals surface area contributed by atoms with Gasteiger partial charge in [-0.2, -0.15) is 5.10 Å². The van der Waals surface area contributed by atoms with E-state index in [4.69, 9.17) is 20.8 Å².